The number of nitrogens with zero attached hydrogens (tertiary/aromatic N) is 1. The first kappa shape index (κ1) is 16.5. The van der Waals surface area contributed by atoms with Crippen molar-refractivity contribution in [3.8, 4) is 0 Å². The molecule has 116 valence electrons. The molecule has 1 aromatic carbocycles. The lowest BCUT2D eigenvalue weighted by Gasteiger charge is -2.30. The minimum absolute atomic E-state index is 0.0458. The Kier molecular flexibility index (Phi) is 5.40. The third-order valence-corrected chi connectivity index (χ3v) is 5.38. The fraction of sp³-hybridized carbons (Fsp3) is 0.500. The smallest absolute Gasteiger partial charge is 0.237 e. The van der Waals surface area contributed by atoms with Gasteiger partial charge in [-0.05, 0) is 30.5 Å². The fourth-order valence-corrected chi connectivity index (χ4v) is 4.24. The number of halogens is 1. The predicted octanol–water partition coefficient (Wildman–Crippen LogP) is 1.31. The van der Waals surface area contributed by atoms with E-state index in [9.17, 15) is 13.2 Å². The van der Waals surface area contributed by atoms with Crippen LogP contribution in [0, 0.1) is 0 Å². The van der Waals surface area contributed by atoms with Crippen molar-refractivity contribution in [1.82, 2.24) is 4.90 Å². The zero-order chi connectivity index (χ0) is 15.5. The van der Waals surface area contributed by atoms with Gasteiger partial charge in [-0.25, -0.2) is 8.42 Å². The maximum absolute atomic E-state index is 12.2. The van der Waals surface area contributed by atoms with Crippen molar-refractivity contribution in [3.05, 3.63) is 34.3 Å². The Hall–Kier alpha value is -0.920. The average Bonchev–Trinajstić information content (AvgIpc) is 2.37. The number of carbonyl (C=O) groups excluding carboxylic acids is 1. The van der Waals surface area contributed by atoms with Gasteiger partial charge in [-0.2, -0.15) is 0 Å². The fourth-order valence-electron chi connectivity index (χ4n) is 2.45. The molecule has 5 nitrogen and oxygen atoms in total. The molecular formula is C14H19BrN2O3S. The highest BCUT2D eigenvalue weighted by Gasteiger charge is 2.25. The number of rotatable bonds is 4. The van der Waals surface area contributed by atoms with Crippen LogP contribution in [0.4, 0.5) is 0 Å². The molecule has 7 heteroatoms. The van der Waals surface area contributed by atoms with Gasteiger partial charge in [-0.1, -0.05) is 28.1 Å². The van der Waals surface area contributed by atoms with E-state index in [4.69, 9.17) is 5.73 Å². The van der Waals surface area contributed by atoms with Crippen molar-refractivity contribution in [3.63, 3.8) is 0 Å². The van der Waals surface area contributed by atoms with Crippen LogP contribution in [0.3, 0.4) is 0 Å². The van der Waals surface area contributed by atoms with Crippen LogP contribution in [-0.4, -0.2) is 44.1 Å². The highest BCUT2D eigenvalue weighted by molar-refractivity contribution is 9.10. The van der Waals surface area contributed by atoms with Gasteiger partial charge in [0.15, 0.2) is 9.84 Å². The summed E-state index contributed by atoms with van der Waals surface area (Å²) >= 11 is 3.31. The van der Waals surface area contributed by atoms with E-state index in [1.807, 2.05) is 6.07 Å². The number of nitrogens with two attached hydrogens (primary N) is 1. The molecule has 21 heavy (non-hydrogen) atoms. The van der Waals surface area contributed by atoms with Crippen molar-refractivity contribution in [2.75, 3.05) is 18.8 Å². The second-order valence-electron chi connectivity index (χ2n) is 5.40. The lowest BCUT2D eigenvalue weighted by molar-refractivity contribution is -0.129. The Balaban J connectivity index is 1.98. The minimum atomic E-state index is -3.47. The van der Waals surface area contributed by atoms with Crippen molar-refractivity contribution in [2.24, 2.45) is 5.73 Å². The Morgan fingerprint density at radius 1 is 1.43 bits per heavy atom. The summed E-state index contributed by atoms with van der Waals surface area (Å²) in [5.41, 5.74) is 6.49. The number of hydrogen-bond acceptors (Lipinski definition) is 4. The van der Waals surface area contributed by atoms with E-state index in [0.29, 0.717) is 18.7 Å². The van der Waals surface area contributed by atoms with E-state index < -0.39 is 15.6 Å². The van der Waals surface area contributed by atoms with E-state index in [-0.39, 0.29) is 17.7 Å². The standard InChI is InChI=1S/C14H19BrN2O3S/c15-12-4-1-3-11(7-12)9-21(19,20)10-14(18)17-6-2-5-13(16)8-17/h1,3-4,7,13H,2,5-6,8-10,16H2/t13-/m0/s1. The average molecular weight is 375 g/mol. The van der Waals surface area contributed by atoms with Gasteiger partial charge in [-0.15, -0.1) is 0 Å². The second kappa shape index (κ2) is 6.89. The first-order valence-electron chi connectivity index (χ1n) is 6.84. The number of hydrogen-bond donors (Lipinski definition) is 1. The molecule has 0 radical (unpaired) electrons. The van der Waals surface area contributed by atoms with Crippen LogP contribution in [0.1, 0.15) is 18.4 Å². The summed E-state index contributed by atoms with van der Waals surface area (Å²) < 4.78 is 25.1. The Labute approximate surface area is 133 Å². The molecule has 0 saturated carbocycles. The quantitative estimate of drug-likeness (QED) is 0.861. The van der Waals surface area contributed by atoms with Crippen LogP contribution < -0.4 is 5.73 Å². The molecule has 1 aliphatic rings. The molecule has 1 aromatic rings. The summed E-state index contributed by atoms with van der Waals surface area (Å²) in [4.78, 5) is 13.7. The molecule has 1 fully saturated rings. The highest BCUT2D eigenvalue weighted by Crippen LogP contribution is 2.15. The molecule has 0 spiro atoms. The molecule has 1 heterocycles. The monoisotopic (exact) mass is 374 g/mol. The number of carbonyl (C=O) groups is 1. The van der Waals surface area contributed by atoms with E-state index in [0.717, 1.165) is 17.3 Å². The summed E-state index contributed by atoms with van der Waals surface area (Å²) in [6, 6.07) is 7.05. The third-order valence-electron chi connectivity index (χ3n) is 3.43. The summed E-state index contributed by atoms with van der Waals surface area (Å²) in [6.45, 7) is 1.05. The number of benzene rings is 1. The van der Waals surface area contributed by atoms with E-state index in [1.165, 1.54) is 0 Å². The predicted molar refractivity (Wildman–Crippen MR) is 85.4 cm³/mol. The molecule has 2 N–H and O–H groups in total. The van der Waals surface area contributed by atoms with Crippen LogP contribution >= 0.6 is 15.9 Å². The van der Waals surface area contributed by atoms with Crippen molar-refractivity contribution >= 4 is 31.7 Å². The topological polar surface area (TPSA) is 80.5 Å². The number of amides is 1. The summed E-state index contributed by atoms with van der Waals surface area (Å²) in [5, 5.41) is 0. The van der Waals surface area contributed by atoms with Crippen molar-refractivity contribution < 1.29 is 13.2 Å². The number of sulfone groups is 1. The van der Waals surface area contributed by atoms with Gasteiger partial charge in [0.2, 0.25) is 5.91 Å². The Morgan fingerprint density at radius 2 is 2.19 bits per heavy atom. The van der Waals surface area contributed by atoms with E-state index >= 15 is 0 Å². The highest BCUT2D eigenvalue weighted by atomic mass is 79.9. The molecule has 1 aliphatic heterocycles. The number of piperidine rings is 1. The van der Waals surface area contributed by atoms with E-state index in [1.54, 1.807) is 23.1 Å². The lowest BCUT2D eigenvalue weighted by atomic mass is 10.1. The van der Waals surface area contributed by atoms with Crippen LogP contribution in [-0.2, 0) is 20.4 Å². The second-order valence-corrected chi connectivity index (χ2v) is 8.38. The van der Waals surface area contributed by atoms with Gasteiger partial charge in [-0.3, -0.25) is 4.79 Å². The normalized spacial score (nSPS) is 19.5. The molecule has 0 aliphatic carbocycles. The first-order chi connectivity index (χ1) is 9.85. The van der Waals surface area contributed by atoms with Crippen molar-refractivity contribution in [2.45, 2.75) is 24.6 Å². The maximum Gasteiger partial charge on any atom is 0.237 e. The molecule has 1 amide bonds. The summed E-state index contributed by atoms with van der Waals surface area (Å²) in [5.74, 6) is -0.926. The zero-order valence-electron chi connectivity index (χ0n) is 11.7. The molecule has 1 saturated heterocycles. The molecule has 0 bridgehead atoms. The lowest BCUT2D eigenvalue weighted by Crippen LogP contribution is -2.47. The van der Waals surface area contributed by atoms with Gasteiger partial charge in [0.05, 0.1) is 5.75 Å². The largest absolute Gasteiger partial charge is 0.340 e. The van der Waals surface area contributed by atoms with Gasteiger partial charge in [0.25, 0.3) is 0 Å². The first-order valence-corrected chi connectivity index (χ1v) is 9.45. The molecule has 1 atom stereocenters. The van der Waals surface area contributed by atoms with E-state index in [2.05, 4.69) is 15.9 Å². The van der Waals surface area contributed by atoms with Crippen LogP contribution in [0.15, 0.2) is 28.7 Å². The van der Waals surface area contributed by atoms with Crippen molar-refractivity contribution in [1.29, 1.82) is 0 Å². The van der Waals surface area contributed by atoms with Gasteiger partial charge >= 0.3 is 0 Å². The SMILES string of the molecule is N[C@H]1CCCN(C(=O)CS(=O)(=O)Cc2cccc(Br)c2)C1. The zero-order valence-corrected chi connectivity index (χ0v) is 14.1. The molecular weight excluding hydrogens is 356 g/mol. The molecule has 0 aromatic heterocycles. The summed E-state index contributed by atoms with van der Waals surface area (Å²) in [7, 11) is -3.47. The Morgan fingerprint density at radius 3 is 2.86 bits per heavy atom. The summed E-state index contributed by atoms with van der Waals surface area (Å²) in [6.07, 6.45) is 1.72. The molecule has 2 rings (SSSR count). The number of likely N-dealkylation sites (tertiary alicyclic amines) is 1. The van der Waals surface area contributed by atoms with Crippen LogP contribution in [0.2, 0.25) is 0 Å². The van der Waals surface area contributed by atoms with Crippen LogP contribution in [0.5, 0.6) is 0 Å². The minimum Gasteiger partial charge on any atom is -0.340 e. The molecule has 0 unspecified atom stereocenters. The maximum atomic E-state index is 12.2. The van der Waals surface area contributed by atoms with Gasteiger partial charge < -0.3 is 10.6 Å². The van der Waals surface area contributed by atoms with Crippen LogP contribution in [0.25, 0.3) is 0 Å². The Bertz CT molecular complexity index is 618. The third kappa shape index (κ3) is 5.09. The van der Waals surface area contributed by atoms with Gasteiger partial charge in [0.1, 0.15) is 5.75 Å². The van der Waals surface area contributed by atoms with Gasteiger partial charge in [0, 0.05) is 23.6 Å².